The molecule has 0 aromatic heterocycles. The van der Waals surface area contributed by atoms with Gasteiger partial charge in [-0.3, -0.25) is 20.4 Å². The quantitative estimate of drug-likeness (QED) is 0.722. The maximum absolute atomic E-state index is 12.9. The maximum atomic E-state index is 12.9. The van der Waals surface area contributed by atoms with Crippen LogP contribution in [0.4, 0.5) is 4.39 Å². The molecule has 0 saturated carbocycles. The number of benzene rings is 2. The van der Waals surface area contributed by atoms with Crippen molar-refractivity contribution >= 4 is 11.8 Å². The predicted molar refractivity (Wildman–Crippen MR) is 96.0 cm³/mol. The molecular formula is C19H21FN2O5. The summed E-state index contributed by atoms with van der Waals surface area (Å²) in [5, 5.41) is 0. The van der Waals surface area contributed by atoms with Crippen LogP contribution in [0.5, 0.6) is 17.2 Å². The highest BCUT2D eigenvalue weighted by Gasteiger charge is 2.16. The average Bonchev–Trinajstić information content (AvgIpc) is 2.68. The minimum atomic E-state index is -0.883. The van der Waals surface area contributed by atoms with Crippen LogP contribution in [0.2, 0.25) is 0 Å². The fourth-order valence-corrected chi connectivity index (χ4v) is 2.22. The van der Waals surface area contributed by atoms with Gasteiger partial charge in [-0.25, -0.2) is 4.39 Å². The van der Waals surface area contributed by atoms with Crippen LogP contribution in [0.15, 0.2) is 42.5 Å². The monoisotopic (exact) mass is 376 g/mol. The van der Waals surface area contributed by atoms with E-state index < -0.39 is 23.7 Å². The third kappa shape index (κ3) is 5.88. The third-order valence-electron chi connectivity index (χ3n) is 3.67. The van der Waals surface area contributed by atoms with E-state index in [0.717, 1.165) is 0 Å². The summed E-state index contributed by atoms with van der Waals surface area (Å²) in [4.78, 5) is 24.1. The summed E-state index contributed by atoms with van der Waals surface area (Å²) in [5.74, 6) is 0.0732. The van der Waals surface area contributed by atoms with Gasteiger partial charge in [0.1, 0.15) is 23.1 Å². The number of hydrazine groups is 1. The standard InChI is InChI=1S/C19H21FN2O5/c1-12(27-15-8-5-14(20)6-9-15)19(24)22-21-18(23)10-13-4-7-16(25-2)11-17(13)26-3/h4-9,11-12H,10H2,1-3H3,(H,21,23)(H,22,24). The van der Waals surface area contributed by atoms with E-state index in [9.17, 15) is 14.0 Å². The van der Waals surface area contributed by atoms with Gasteiger partial charge in [-0.05, 0) is 37.3 Å². The lowest BCUT2D eigenvalue weighted by atomic mass is 10.1. The Morgan fingerprint density at radius 3 is 2.30 bits per heavy atom. The lowest BCUT2D eigenvalue weighted by Crippen LogP contribution is -2.47. The zero-order valence-electron chi connectivity index (χ0n) is 15.2. The first-order valence-electron chi connectivity index (χ1n) is 8.14. The number of carbonyl (C=O) groups is 2. The molecule has 2 aromatic rings. The number of hydrogen-bond donors (Lipinski definition) is 2. The van der Waals surface area contributed by atoms with Crippen molar-refractivity contribution in [3.05, 3.63) is 53.8 Å². The molecule has 2 amide bonds. The largest absolute Gasteiger partial charge is 0.497 e. The Balaban J connectivity index is 1.85. The Hall–Kier alpha value is -3.29. The predicted octanol–water partition coefficient (Wildman–Crippen LogP) is 2.00. The second-order valence-electron chi connectivity index (χ2n) is 5.61. The van der Waals surface area contributed by atoms with Crippen molar-refractivity contribution < 1.29 is 28.2 Å². The van der Waals surface area contributed by atoms with Crippen molar-refractivity contribution in [2.75, 3.05) is 14.2 Å². The van der Waals surface area contributed by atoms with E-state index in [4.69, 9.17) is 14.2 Å². The van der Waals surface area contributed by atoms with Crippen LogP contribution in [-0.2, 0) is 16.0 Å². The van der Waals surface area contributed by atoms with Crippen molar-refractivity contribution in [3.8, 4) is 17.2 Å². The van der Waals surface area contributed by atoms with E-state index in [1.807, 2.05) is 0 Å². The van der Waals surface area contributed by atoms with Crippen LogP contribution in [0.1, 0.15) is 12.5 Å². The van der Waals surface area contributed by atoms with Crippen LogP contribution in [-0.4, -0.2) is 32.1 Å². The van der Waals surface area contributed by atoms with E-state index in [0.29, 0.717) is 22.8 Å². The summed E-state index contributed by atoms with van der Waals surface area (Å²) in [7, 11) is 3.03. The van der Waals surface area contributed by atoms with E-state index >= 15 is 0 Å². The van der Waals surface area contributed by atoms with Gasteiger partial charge in [0.05, 0.1) is 20.6 Å². The molecule has 1 atom stereocenters. The highest BCUT2D eigenvalue weighted by atomic mass is 19.1. The van der Waals surface area contributed by atoms with Gasteiger partial charge in [-0.2, -0.15) is 0 Å². The summed E-state index contributed by atoms with van der Waals surface area (Å²) >= 11 is 0. The number of halogens is 1. The average molecular weight is 376 g/mol. The molecule has 1 unspecified atom stereocenters. The lowest BCUT2D eigenvalue weighted by Gasteiger charge is -2.15. The first kappa shape index (κ1) is 20.0. The summed E-state index contributed by atoms with van der Waals surface area (Å²) in [6.45, 7) is 1.51. The Morgan fingerprint density at radius 1 is 1.00 bits per heavy atom. The van der Waals surface area contributed by atoms with Gasteiger partial charge in [0, 0.05) is 11.6 Å². The topological polar surface area (TPSA) is 85.9 Å². The van der Waals surface area contributed by atoms with Gasteiger partial charge in [-0.15, -0.1) is 0 Å². The molecule has 7 nitrogen and oxygen atoms in total. The summed E-state index contributed by atoms with van der Waals surface area (Å²) in [6, 6.07) is 10.4. The van der Waals surface area contributed by atoms with E-state index in [-0.39, 0.29) is 6.42 Å². The molecule has 2 N–H and O–H groups in total. The van der Waals surface area contributed by atoms with Gasteiger partial charge in [0.25, 0.3) is 5.91 Å². The molecule has 0 saturated heterocycles. The molecule has 8 heteroatoms. The van der Waals surface area contributed by atoms with Crippen molar-refractivity contribution in [1.82, 2.24) is 10.9 Å². The van der Waals surface area contributed by atoms with Crippen LogP contribution < -0.4 is 25.1 Å². The molecule has 0 bridgehead atoms. The molecule has 0 aliphatic carbocycles. The van der Waals surface area contributed by atoms with Crippen molar-refractivity contribution in [2.45, 2.75) is 19.4 Å². The fourth-order valence-electron chi connectivity index (χ4n) is 2.22. The Bertz CT molecular complexity index is 795. The lowest BCUT2D eigenvalue weighted by molar-refractivity contribution is -0.132. The maximum Gasteiger partial charge on any atom is 0.279 e. The van der Waals surface area contributed by atoms with E-state index in [1.54, 1.807) is 18.2 Å². The van der Waals surface area contributed by atoms with E-state index in [1.165, 1.54) is 45.4 Å². The Labute approximate surface area is 156 Å². The molecule has 0 radical (unpaired) electrons. The Morgan fingerprint density at radius 2 is 1.67 bits per heavy atom. The highest BCUT2D eigenvalue weighted by Crippen LogP contribution is 2.24. The number of carbonyl (C=O) groups excluding carboxylic acids is 2. The number of methoxy groups -OCH3 is 2. The van der Waals surface area contributed by atoms with Crippen molar-refractivity contribution in [1.29, 1.82) is 0 Å². The van der Waals surface area contributed by atoms with Gasteiger partial charge in [0.2, 0.25) is 5.91 Å². The zero-order valence-corrected chi connectivity index (χ0v) is 15.2. The smallest absolute Gasteiger partial charge is 0.279 e. The second-order valence-corrected chi connectivity index (χ2v) is 5.61. The molecule has 144 valence electrons. The van der Waals surface area contributed by atoms with Crippen LogP contribution in [0, 0.1) is 5.82 Å². The molecule has 0 aliphatic rings. The number of nitrogens with one attached hydrogen (secondary N) is 2. The number of ether oxygens (including phenoxy) is 3. The first-order chi connectivity index (χ1) is 12.9. The molecular weight excluding hydrogens is 355 g/mol. The normalized spacial score (nSPS) is 11.3. The fraction of sp³-hybridized carbons (Fsp3) is 0.263. The summed E-state index contributed by atoms with van der Waals surface area (Å²) in [6.07, 6.45) is -0.882. The zero-order chi connectivity index (χ0) is 19.8. The molecule has 0 heterocycles. The number of rotatable bonds is 7. The van der Waals surface area contributed by atoms with E-state index in [2.05, 4.69) is 10.9 Å². The molecule has 27 heavy (non-hydrogen) atoms. The molecule has 0 spiro atoms. The minimum Gasteiger partial charge on any atom is -0.497 e. The van der Waals surface area contributed by atoms with Gasteiger partial charge in [0.15, 0.2) is 6.10 Å². The SMILES string of the molecule is COc1ccc(CC(=O)NNC(=O)C(C)Oc2ccc(F)cc2)c(OC)c1. The second kappa shape index (κ2) is 9.42. The summed E-state index contributed by atoms with van der Waals surface area (Å²) < 4.78 is 28.6. The van der Waals surface area contributed by atoms with Gasteiger partial charge in [-0.1, -0.05) is 6.07 Å². The van der Waals surface area contributed by atoms with Crippen LogP contribution in [0.3, 0.4) is 0 Å². The summed E-state index contributed by atoms with van der Waals surface area (Å²) in [5.41, 5.74) is 5.25. The first-order valence-corrected chi connectivity index (χ1v) is 8.14. The molecule has 0 fully saturated rings. The molecule has 2 aromatic carbocycles. The van der Waals surface area contributed by atoms with Gasteiger partial charge >= 0.3 is 0 Å². The minimum absolute atomic E-state index is 0.000643. The molecule has 2 rings (SSSR count). The molecule has 0 aliphatic heterocycles. The van der Waals surface area contributed by atoms with Crippen LogP contribution in [0.25, 0.3) is 0 Å². The van der Waals surface area contributed by atoms with Crippen molar-refractivity contribution in [3.63, 3.8) is 0 Å². The highest BCUT2D eigenvalue weighted by molar-refractivity contribution is 5.85. The van der Waals surface area contributed by atoms with Crippen LogP contribution >= 0.6 is 0 Å². The number of amides is 2. The third-order valence-corrected chi connectivity index (χ3v) is 3.67. The van der Waals surface area contributed by atoms with Gasteiger partial charge < -0.3 is 14.2 Å². The van der Waals surface area contributed by atoms with Crippen molar-refractivity contribution in [2.24, 2.45) is 0 Å². The number of hydrogen-bond acceptors (Lipinski definition) is 5. The Kier molecular flexibility index (Phi) is 6.99.